The van der Waals surface area contributed by atoms with Gasteiger partial charge in [-0.15, -0.1) is 0 Å². The average molecular weight is 376 g/mol. The Labute approximate surface area is 164 Å². The number of carbonyl (C=O) groups is 1. The van der Waals surface area contributed by atoms with Crippen LogP contribution in [0.4, 0.5) is 11.5 Å². The summed E-state index contributed by atoms with van der Waals surface area (Å²) in [7, 11) is 0. The molecule has 1 amide bonds. The van der Waals surface area contributed by atoms with Crippen molar-refractivity contribution in [2.45, 2.75) is 13.5 Å². The summed E-state index contributed by atoms with van der Waals surface area (Å²) < 4.78 is 7.19. The largest absolute Gasteiger partial charge is 0.378 e. The number of nitrogens with zero attached hydrogens (tertiary/aromatic N) is 3. The fourth-order valence-corrected chi connectivity index (χ4v) is 3.39. The number of aromatic nitrogens is 2. The lowest BCUT2D eigenvalue weighted by molar-refractivity contribution is -0.116. The van der Waals surface area contributed by atoms with Gasteiger partial charge in [-0.3, -0.25) is 9.48 Å². The SMILES string of the molecule is Cc1cccc(NC(=O)Cn2cc(-c3ccccc3)c(N3CCOCC3)n2)c1. The minimum Gasteiger partial charge on any atom is -0.378 e. The Morgan fingerprint density at radius 1 is 1.11 bits per heavy atom. The van der Waals surface area contributed by atoms with Crippen LogP contribution < -0.4 is 10.2 Å². The molecule has 0 bridgehead atoms. The zero-order valence-corrected chi connectivity index (χ0v) is 16.0. The third-order valence-electron chi connectivity index (χ3n) is 4.75. The molecule has 1 aromatic heterocycles. The standard InChI is InChI=1S/C22H24N4O2/c1-17-6-5-9-19(14-17)23-21(27)16-26-15-20(18-7-3-2-4-8-18)22(24-26)25-10-12-28-13-11-25/h2-9,14-15H,10-13,16H2,1H3,(H,23,27). The first kappa shape index (κ1) is 18.3. The highest BCUT2D eigenvalue weighted by Gasteiger charge is 2.20. The minimum atomic E-state index is -0.0961. The topological polar surface area (TPSA) is 59.4 Å². The van der Waals surface area contributed by atoms with E-state index in [4.69, 9.17) is 9.84 Å². The number of ether oxygens (including phenoxy) is 1. The summed E-state index contributed by atoms with van der Waals surface area (Å²) in [6.45, 7) is 5.14. The predicted molar refractivity (Wildman–Crippen MR) is 111 cm³/mol. The Balaban J connectivity index is 1.57. The van der Waals surface area contributed by atoms with E-state index < -0.39 is 0 Å². The van der Waals surface area contributed by atoms with Gasteiger partial charge in [0.25, 0.3) is 0 Å². The number of hydrogen-bond acceptors (Lipinski definition) is 4. The molecule has 2 heterocycles. The van der Waals surface area contributed by atoms with Gasteiger partial charge in [-0.25, -0.2) is 0 Å². The first-order valence-corrected chi connectivity index (χ1v) is 9.51. The van der Waals surface area contributed by atoms with Gasteiger partial charge in [0.2, 0.25) is 5.91 Å². The smallest absolute Gasteiger partial charge is 0.246 e. The van der Waals surface area contributed by atoms with Crippen LogP contribution in [0.5, 0.6) is 0 Å². The summed E-state index contributed by atoms with van der Waals surface area (Å²) in [5.74, 6) is 0.805. The number of benzene rings is 2. The summed E-state index contributed by atoms with van der Waals surface area (Å²) in [6.07, 6.45) is 1.95. The fraction of sp³-hybridized carbons (Fsp3) is 0.273. The average Bonchev–Trinajstić information content (AvgIpc) is 3.13. The Kier molecular flexibility index (Phi) is 5.39. The Morgan fingerprint density at radius 3 is 2.64 bits per heavy atom. The lowest BCUT2D eigenvalue weighted by atomic mass is 10.1. The van der Waals surface area contributed by atoms with Gasteiger partial charge in [-0.1, -0.05) is 42.5 Å². The van der Waals surface area contributed by atoms with Gasteiger partial charge in [0, 0.05) is 30.5 Å². The van der Waals surface area contributed by atoms with Crippen molar-refractivity contribution in [3.8, 4) is 11.1 Å². The molecule has 6 heteroatoms. The molecular weight excluding hydrogens is 352 g/mol. The van der Waals surface area contributed by atoms with Gasteiger partial charge in [0.05, 0.1) is 13.2 Å². The third-order valence-corrected chi connectivity index (χ3v) is 4.75. The molecule has 1 saturated heterocycles. The maximum Gasteiger partial charge on any atom is 0.246 e. The van der Waals surface area contributed by atoms with Crippen molar-refractivity contribution in [1.82, 2.24) is 9.78 Å². The van der Waals surface area contributed by atoms with Crippen LogP contribution in [0.25, 0.3) is 11.1 Å². The van der Waals surface area contributed by atoms with Crippen LogP contribution in [0.3, 0.4) is 0 Å². The molecule has 1 aliphatic heterocycles. The van der Waals surface area contributed by atoms with E-state index in [1.54, 1.807) is 4.68 Å². The summed E-state index contributed by atoms with van der Waals surface area (Å²) in [4.78, 5) is 14.7. The molecule has 1 aliphatic rings. The van der Waals surface area contributed by atoms with Crippen molar-refractivity contribution in [2.24, 2.45) is 0 Å². The summed E-state index contributed by atoms with van der Waals surface area (Å²) >= 11 is 0. The van der Waals surface area contributed by atoms with Crippen LogP contribution in [-0.4, -0.2) is 42.0 Å². The zero-order valence-electron chi connectivity index (χ0n) is 16.0. The molecule has 28 heavy (non-hydrogen) atoms. The molecule has 0 aliphatic carbocycles. The second kappa shape index (κ2) is 8.27. The number of amides is 1. The molecule has 1 fully saturated rings. The van der Waals surface area contributed by atoms with Crippen molar-refractivity contribution in [1.29, 1.82) is 0 Å². The van der Waals surface area contributed by atoms with Crippen LogP contribution in [0.1, 0.15) is 5.56 Å². The number of aryl methyl sites for hydroxylation is 1. The summed E-state index contributed by atoms with van der Waals surface area (Å²) in [5.41, 5.74) is 4.03. The van der Waals surface area contributed by atoms with Crippen molar-refractivity contribution >= 4 is 17.4 Å². The van der Waals surface area contributed by atoms with Crippen LogP contribution in [0.15, 0.2) is 60.8 Å². The van der Waals surface area contributed by atoms with Gasteiger partial charge in [-0.05, 0) is 30.2 Å². The first-order valence-electron chi connectivity index (χ1n) is 9.51. The second-order valence-corrected chi connectivity index (χ2v) is 6.95. The number of nitrogens with one attached hydrogen (secondary N) is 1. The molecule has 144 valence electrons. The molecule has 6 nitrogen and oxygen atoms in total. The number of carbonyl (C=O) groups excluding carboxylic acids is 1. The predicted octanol–water partition coefficient (Wildman–Crippen LogP) is 3.33. The van der Waals surface area contributed by atoms with Crippen LogP contribution >= 0.6 is 0 Å². The molecule has 1 N–H and O–H groups in total. The Hall–Kier alpha value is -3.12. The second-order valence-electron chi connectivity index (χ2n) is 6.95. The van der Waals surface area contributed by atoms with E-state index in [0.717, 1.165) is 41.3 Å². The quantitative estimate of drug-likeness (QED) is 0.742. The van der Waals surface area contributed by atoms with E-state index in [2.05, 4.69) is 22.3 Å². The zero-order chi connectivity index (χ0) is 19.3. The lowest BCUT2D eigenvalue weighted by Gasteiger charge is -2.27. The van der Waals surface area contributed by atoms with Gasteiger partial charge in [0.1, 0.15) is 6.54 Å². The van der Waals surface area contributed by atoms with E-state index in [9.17, 15) is 4.79 Å². The maximum atomic E-state index is 12.5. The van der Waals surface area contributed by atoms with Gasteiger partial charge >= 0.3 is 0 Å². The molecule has 0 spiro atoms. The highest BCUT2D eigenvalue weighted by atomic mass is 16.5. The molecular formula is C22H24N4O2. The van der Waals surface area contributed by atoms with E-state index >= 15 is 0 Å². The highest BCUT2D eigenvalue weighted by Crippen LogP contribution is 2.30. The molecule has 2 aromatic carbocycles. The molecule has 0 atom stereocenters. The first-order chi connectivity index (χ1) is 13.7. The van der Waals surface area contributed by atoms with Crippen molar-refractivity contribution < 1.29 is 9.53 Å². The highest BCUT2D eigenvalue weighted by molar-refractivity contribution is 5.90. The van der Waals surface area contributed by atoms with Crippen LogP contribution in [-0.2, 0) is 16.1 Å². The fourth-order valence-electron chi connectivity index (χ4n) is 3.39. The van der Waals surface area contributed by atoms with Gasteiger partial charge in [0.15, 0.2) is 5.82 Å². The Bertz CT molecular complexity index is 946. The van der Waals surface area contributed by atoms with Crippen molar-refractivity contribution in [2.75, 3.05) is 36.5 Å². The van der Waals surface area contributed by atoms with Gasteiger partial charge in [-0.2, -0.15) is 5.10 Å². The molecule has 3 aromatic rings. The number of anilines is 2. The van der Waals surface area contributed by atoms with E-state index in [1.165, 1.54) is 0 Å². The van der Waals surface area contributed by atoms with E-state index in [1.807, 2.05) is 55.6 Å². The number of hydrogen-bond donors (Lipinski definition) is 1. The molecule has 0 unspecified atom stereocenters. The van der Waals surface area contributed by atoms with Crippen LogP contribution in [0.2, 0.25) is 0 Å². The van der Waals surface area contributed by atoms with E-state index in [0.29, 0.717) is 13.2 Å². The number of rotatable bonds is 5. The molecule has 0 saturated carbocycles. The summed E-state index contributed by atoms with van der Waals surface area (Å²) in [5, 5.41) is 7.68. The summed E-state index contributed by atoms with van der Waals surface area (Å²) in [6, 6.07) is 17.9. The molecule has 4 rings (SSSR count). The van der Waals surface area contributed by atoms with E-state index in [-0.39, 0.29) is 12.5 Å². The number of morpholine rings is 1. The lowest BCUT2D eigenvalue weighted by Crippen LogP contribution is -2.36. The minimum absolute atomic E-state index is 0.0961. The van der Waals surface area contributed by atoms with Gasteiger partial charge < -0.3 is 15.0 Å². The molecule has 0 radical (unpaired) electrons. The van der Waals surface area contributed by atoms with Crippen molar-refractivity contribution in [3.05, 3.63) is 66.4 Å². The third kappa shape index (κ3) is 4.23. The van der Waals surface area contributed by atoms with Crippen LogP contribution in [0, 0.1) is 6.92 Å². The monoisotopic (exact) mass is 376 g/mol. The Morgan fingerprint density at radius 2 is 1.89 bits per heavy atom. The normalized spacial score (nSPS) is 14.1. The maximum absolute atomic E-state index is 12.5. The van der Waals surface area contributed by atoms with Crippen molar-refractivity contribution in [3.63, 3.8) is 0 Å².